The lowest BCUT2D eigenvalue weighted by atomic mass is 10.1. The van der Waals surface area contributed by atoms with Crippen LogP contribution >= 0.6 is 0 Å². The Labute approximate surface area is 152 Å². The first kappa shape index (κ1) is 15.7. The Bertz CT molecular complexity index is 864. The highest BCUT2D eigenvalue weighted by atomic mass is 16.6. The van der Waals surface area contributed by atoms with Crippen LogP contribution in [0, 0.1) is 5.92 Å². The summed E-state index contributed by atoms with van der Waals surface area (Å²) in [7, 11) is 0. The first-order valence-electron chi connectivity index (χ1n) is 9.26. The standard InChI is InChI=1S/C21H22N2O3/c24-21(23-10-13-1-2-15-11-22-12-16(15)7-13)18-9-17(18)14-3-4-19-20(8-14)26-6-5-25-19/h1-4,7-8,17-18,22H,5-6,9-12H2,(H,23,24). The maximum Gasteiger partial charge on any atom is 0.224 e. The summed E-state index contributed by atoms with van der Waals surface area (Å²) >= 11 is 0. The number of hydrogen-bond donors (Lipinski definition) is 2. The molecular weight excluding hydrogens is 328 g/mol. The van der Waals surface area contributed by atoms with Crippen molar-refractivity contribution in [1.29, 1.82) is 0 Å². The van der Waals surface area contributed by atoms with E-state index in [1.165, 1.54) is 11.1 Å². The Morgan fingerprint density at radius 1 is 1.04 bits per heavy atom. The van der Waals surface area contributed by atoms with Gasteiger partial charge in [-0.15, -0.1) is 0 Å². The van der Waals surface area contributed by atoms with E-state index >= 15 is 0 Å². The van der Waals surface area contributed by atoms with Gasteiger partial charge in [-0.1, -0.05) is 24.3 Å². The SMILES string of the molecule is O=C(NCc1ccc2c(c1)CNC2)C1CC1c1ccc2c(c1)OCCO2. The Morgan fingerprint density at radius 3 is 2.81 bits per heavy atom. The molecule has 2 aromatic carbocycles. The smallest absolute Gasteiger partial charge is 0.224 e. The molecule has 134 valence electrons. The van der Waals surface area contributed by atoms with Gasteiger partial charge in [0.1, 0.15) is 13.2 Å². The first-order chi connectivity index (χ1) is 12.8. The van der Waals surface area contributed by atoms with Crippen molar-refractivity contribution in [3.05, 3.63) is 58.7 Å². The van der Waals surface area contributed by atoms with Gasteiger partial charge < -0.3 is 20.1 Å². The highest BCUT2D eigenvalue weighted by Crippen LogP contribution is 2.49. The van der Waals surface area contributed by atoms with Crippen molar-refractivity contribution in [3.8, 4) is 11.5 Å². The van der Waals surface area contributed by atoms with Crippen LogP contribution in [0.25, 0.3) is 0 Å². The zero-order chi connectivity index (χ0) is 17.5. The predicted octanol–water partition coefficient (Wildman–Crippen LogP) is 2.48. The van der Waals surface area contributed by atoms with Gasteiger partial charge in [-0.05, 0) is 46.7 Å². The topological polar surface area (TPSA) is 59.6 Å². The van der Waals surface area contributed by atoms with Crippen molar-refractivity contribution in [1.82, 2.24) is 10.6 Å². The van der Waals surface area contributed by atoms with Crippen molar-refractivity contribution in [2.24, 2.45) is 5.92 Å². The molecule has 2 unspecified atom stereocenters. The van der Waals surface area contributed by atoms with Gasteiger partial charge in [0, 0.05) is 25.6 Å². The number of rotatable bonds is 4. The number of carbonyl (C=O) groups is 1. The fourth-order valence-corrected chi connectivity index (χ4v) is 3.92. The van der Waals surface area contributed by atoms with E-state index in [0.29, 0.717) is 19.8 Å². The molecule has 0 aromatic heterocycles. The van der Waals surface area contributed by atoms with Gasteiger partial charge in [-0.3, -0.25) is 4.79 Å². The van der Waals surface area contributed by atoms with E-state index in [1.807, 2.05) is 12.1 Å². The predicted molar refractivity (Wildman–Crippen MR) is 97.1 cm³/mol. The zero-order valence-corrected chi connectivity index (χ0v) is 14.6. The van der Waals surface area contributed by atoms with Gasteiger partial charge in [0.2, 0.25) is 5.91 Å². The Balaban J connectivity index is 1.20. The Hall–Kier alpha value is -2.53. The summed E-state index contributed by atoms with van der Waals surface area (Å²) in [5.74, 6) is 2.09. The molecule has 2 aliphatic heterocycles. The number of hydrogen-bond acceptors (Lipinski definition) is 4. The quantitative estimate of drug-likeness (QED) is 0.889. The van der Waals surface area contributed by atoms with Crippen molar-refractivity contribution < 1.29 is 14.3 Å². The molecule has 5 rings (SSSR count). The first-order valence-corrected chi connectivity index (χ1v) is 9.26. The summed E-state index contributed by atoms with van der Waals surface area (Å²) in [5, 5.41) is 6.45. The Kier molecular flexibility index (Phi) is 3.82. The fraction of sp³-hybridized carbons (Fsp3) is 0.381. The number of amides is 1. The minimum atomic E-state index is 0.0636. The second kappa shape index (κ2) is 6.32. The third kappa shape index (κ3) is 2.92. The molecule has 0 radical (unpaired) electrons. The van der Waals surface area contributed by atoms with Crippen LogP contribution in [0.3, 0.4) is 0 Å². The van der Waals surface area contributed by atoms with Crippen LogP contribution in [0.1, 0.15) is 34.6 Å². The zero-order valence-electron chi connectivity index (χ0n) is 14.6. The second-order valence-corrected chi connectivity index (χ2v) is 7.28. The van der Waals surface area contributed by atoms with Crippen LogP contribution in [-0.4, -0.2) is 19.1 Å². The normalized spacial score (nSPS) is 22.6. The summed E-state index contributed by atoms with van der Waals surface area (Å²) < 4.78 is 11.2. The van der Waals surface area contributed by atoms with Crippen LogP contribution in [0.2, 0.25) is 0 Å². The summed E-state index contributed by atoms with van der Waals surface area (Å²) in [4.78, 5) is 12.5. The monoisotopic (exact) mass is 350 g/mol. The minimum Gasteiger partial charge on any atom is -0.486 e. The van der Waals surface area contributed by atoms with E-state index in [9.17, 15) is 4.79 Å². The van der Waals surface area contributed by atoms with Crippen LogP contribution < -0.4 is 20.1 Å². The average molecular weight is 350 g/mol. The Morgan fingerprint density at radius 2 is 1.88 bits per heavy atom. The highest BCUT2D eigenvalue weighted by molar-refractivity contribution is 5.83. The van der Waals surface area contributed by atoms with E-state index in [1.54, 1.807) is 0 Å². The van der Waals surface area contributed by atoms with Crippen molar-refractivity contribution in [2.45, 2.75) is 32.0 Å². The van der Waals surface area contributed by atoms with E-state index in [-0.39, 0.29) is 17.7 Å². The number of fused-ring (bicyclic) bond motifs is 2. The van der Waals surface area contributed by atoms with E-state index in [4.69, 9.17) is 9.47 Å². The summed E-state index contributed by atoms with van der Waals surface area (Å²) in [6.45, 7) is 3.64. The maximum atomic E-state index is 12.5. The maximum absolute atomic E-state index is 12.5. The van der Waals surface area contributed by atoms with Gasteiger partial charge in [0.05, 0.1) is 0 Å². The second-order valence-electron chi connectivity index (χ2n) is 7.28. The lowest BCUT2D eigenvalue weighted by Gasteiger charge is -2.18. The summed E-state index contributed by atoms with van der Waals surface area (Å²) in [6, 6.07) is 12.5. The third-order valence-electron chi connectivity index (χ3n) is 5.49. The average Bonchev–Trinajstić information content (AvgIpc) is 3.35. The lowest BCUT2D eigenvalue weighted by Crippen LogP contribution is -2.25. The van der Waals surface area contributed by atoms with Crippen molar-refractivity contribution in [2.75, 3.05) is 13.2 Å². The molecule has 2 heterocycles. The molecule has 1 amide bonds. The molecule has 0 saturated heterocycles. The number of benzene rings is 2. The van der Waals surface area contributed by atoms with Crippen LogP contribution in [0.5, 0.6) is 11.5 Å². The van der Waals surface area contributed by atoms with Crippen LogP contribution in [0.15, 0.2) is 36.4 Å². The van der Waals surface area contributed by atoms with E-state index in [2.05, 4.69) is 34.9 Å². The minimum absolute atomic E-state index is 0.0636. The van der Waals surface area contributed by atoms with E-state index < -0.39 is 0 Å². The molecular formula is C21H22N2O3. The van der Waals surface area contributed by atoms with Crippen molar-refractivity contribution in [3.63, 3.8) is 0 Å². The largest absolute Gasteiger partial charge is 0.486 e. The van der Waals surface area contributed by atoms with Crippen LogP contribution in [0.4, 0.5) is 0 Å². The molecule has 0 bridgehead atoms. The van der Waals surface area contributed by atoms with Gasteiger partial charge in [-0.2, -0.15) is 0 Å². The van der Waals surface area contributed by atoms with E-state index in [0.717, 1.165) is 42.1 Å². The molecule has 2 atom stereocenters. The molecule has 1 aliphatic carbocycles. The molecule has 1 saturated carbocycles. The molecule has 0 spiro atoms. The third-order valence-corrected chi connectivity index (χ3v) is 5.49. The van der Waals surface area contributed by atoms with Gasteiger partial charge >= 0.3 is 0 Å². The molecule has 5 heteroatoms. The lowest BCUT2D eigenvalue weighted by molar-refractivity contribution is -0.122. The van der Waals surface area contributed by atoms with Crippen LogP contribution in [-0.2, 0) is 24.4 Å². The molecule has 1 fully saturated rings. The molecule has 2 N–H and O–H groups in total. The number of nitrogens with one attached hydrogen (secondary N) is 2. The van der Waals surface area contributed by atoms with Gasteiger partial charge in [-0.25, -0.2) is 0 Å². The summed E-state index contributed by atoms with van der Waals surface area (Å²) in [5.41, 5.74) is 5.04. The van der Waals surface area contributed by atoms with Gasteiger partial charge in [0.25, 0.3) is 0 Å². The number of carbonyl (C=O) groups excluding carboxylic acids is 1. The summed E-state index contributed by atoms with van der Waals surface area (Å²) in [6.07, 6.45) is 0.902. The van der Waals surface area contributed by atoms with Gasteiger partial charge in [0.15, 0.2) is 11.5 Å². The van der Waals surface area contributed by atoms with Crippen molar-refractivity contribution >= 4 is 5.91 Å². The molecule has 2 aromatic rings. The molecule has 26 heavy (non-hydrogen) atoms. The molecule has 5 nitrogen and oxygen atoms in total. The fourth-order valence-electron chi connectivity index (χ4n) is 3.92. The molecule has 3 aliphatic rings. The highest BCUT2D eigenvalue weighted by Gasteiger charge is 2.44. The number of ether oxygens (including phenoxy) is 2.